The Bertz CT molecular complexity index is 1040. The molecule has 1 aliphatic heterocycles. The molecule has 3 aromatic rings. The third kappa shape index (κ3) is 5.20. The lowest BCUT2D eigenvalue weighted by Crippen LogP contribution is -2.36. The number of carbonyl (C=O) groups is 2. The van der Waals surface area contributed by atoms with Crippen molar-refractivity contribution in [2.24, 2.45) is 0 Å². The standard InChI is InChI=1S/C25H27N3O3/c1-18-23(25(30)28-14-6-3-7-15-28)27-24(31-18)21-12-10-20(11-13-21)17-26-22(29)16-19-8-4-2-5-9-19/h2,4-5,8-13H,3,6-7,14-17H2,1H3,(H,26,29). The average Bonchev–Trinajstić information content (AvgIpc) is 3.20. The molecule has 1 fully saturated rings. The second kappa shape index (κ2) is 9.60. The van der Waals surface area contributed by atoms with Crippen LogP contribution in [0.5, 0.6) is 0 Å². The van der Waals surface area contributed by atoms with Crippen LogP contribution >= 0.6 is 0 Å². The zero-order valence-electron chi connectivity index (χ0n) is 17.8. The van der Waals surface area contributed by atoms with Crippen LogP contribution in [0.1, 0.15) is 46.6 Å². The molecule has 2 amide bonds. The first-order valence-corrected chi connectivity index (χ1v) is 10.8. The van der Waals surface area contributed by atoms with Crippen molar-refractivity contribution in [1.29, 1.82) is 0 Å². The van der Waals surface area contributed by atoms with Crippen molar-refractivity contribution in [3.63, 3.8) is 0 Å². The van der Waals surface area contributed by atoms with E-state index in [1.807, 2.05) is 59.5 Å². The quantitative estimate of drug-likeness (QED) is 0.654. The lowest BCUT2D eigenvalue weighted by Gasteiger charge is -2.25. The Balaban J connectivity index is 1.37. The van der Waals surface area contributed by atoms with E-state index in [-0.39, 0.29) is 11.8 Å². The lowest BCUT2D eigenvalue weighted by atomic mass is 10.1. The number of aromatic nitrogens is 1. The van der Waals surface area contributed by atoms with Gasteiger partial charge < -0.3 is 14.6 Å². The smallest absolute Gasteiger partial charge is 0.276 e. The summed E-state index contributed by atoms with van der Waals surface area (Å²) in [5.41, 5.74) is 3.18. The minimum atomic E-state index is -0.0510. The summed E-state index contributed by atoms with van der Waals surface area (Å²) < 4.78 is 5.79. The highest BCUT2D eigenvalue weighted by Gasteiger charge is 2.24. The monoisotopic (exact) mass is 417 g/mol. The summed E-state index contributed by atoms with van der Waals surface area (Å²) in [7, 11) is 0. The van der Waals surface area contributed by atoms with Crippen LogP contribution in [0.2, 0.25) is 0 Å². The molecule has 2 heterocycles. The van der Waals surface area contributed by atoms with Crippen molar-refractivity contribution in [2.45, 2.75) is 39.2 Å². The molecule has 4 rings (SSSR count). The number of amides is 2. The highest BCUT2D eigenvalue weighted by Crippen LogP contribution is 2.24. The van der Waals surface area contributed by atoms with Gasteiger partial charge in [-0.2, -0.15) is 0 Å². The van der Waals surface area contributed by atoms with E-state index in [9.17, 15) is 9.59 Å². The molecule has 6 nitrogen and oxygen atoms in total. The molecule has 0 bridgehead atoms. The van der Waals surface area contributed by atoms with Crippen LogP contribution < -0.4 is 5.32 Å². The highest BCUT2D eigenvalue weighted by molar-refractivity contribution is 5.93. The maximum atomic E-state index is 12.8. The van der Waals surface area contributed by atoms with Gasteiger partial charge in [-0.1, -0.05) is 42.5 Å². The Morgan fingerprint density at radius 1 is 0.968 bits per heavy atom. The second-order valence-corrected chi connectivity index (χ2v) is 7.91. The molecule has 0 atom stereocenters. The van der Waals surface area contributed by atoms with Crippen LogP contribution in [0.15, 0.2) is 59.0 Å². The van der Waals surface area contributed by atoms with E-state index in [0.717, 1.165) is 42.6 Å². The van der Waals surface area contributed by atoms with Gasteiger partial charge in [-0.3, -0.25) is 9.59 Å². The molecule has 1 aliphatic rings. The molecular formula is C25H27N3O3. The SMILES string of the molecule is Cc1oc(-c2ccc(CNC(=O)Cc3ccccc3)cc2)nc1C(=O)N1CCCCC1. The maximum Gasteiger partial charge on any atom is 0.276 e. The van der Waals surface area contributed by atoms with E-state index in [1.54, 1.807) is 6.92 Å². The molecule has 0 unspecified atom stereocenters. The Labute approximate surface area is 182 Å². The Morgan fingerprint density at radius 3 is 2.39 bits per heavy atom. The van der Waals surface area contributed by atoms with Crippen molar-refractivity contribution in [2.75, 3.05) is 13.1 Å². The number of oxazole rings is 1. The van der Waals surface area contributed by atoms with Crippen LogP contribution in [0.3, 0.4) is 0 Å². The lowest BCUT2D eigenvalue weighted by molar-refractivity contribution is -0.120. The fraction of sp³-hybridized carbons (Fsp3) is 0.320. The predicted molar refractivity (Wildman–Crippen MR) is 118 cm³/mol. The average molecular weight is 418 g/mol. The molecule has 1 N–H and O–H groups in total. The highest BCUT2D eigenvalue weighted by atomic mass is 16.4. The van der Waals surface area contributed by atoms with Gasteiger partial charge in [-0.05, 0) is 49.4 Å². The molecule has 0 spiro atoms. The van der Waals surface area contributed by atoms with Gasteiger partial charge in [0.1, 0.15) is 5.76 Å². The van der Waals surface area contributed by atoms with E-state index in [2.05, 4.69) is 10.3 Å². The van der Waals surface area contributed by atoms with Gasteiger partial charge >= 0.3 is 0 Å². The van der Waals surface area contributed by atoms with E-state index < -0.39 is 0 Å². The summed E-state index contributed by atoms with van der Waals surface area (Å²) in [6.45, 7) is 3.80. The number of nitrogens with one attached hydrogen (secondary N) is 1. The van der Waals surface area contributed by atoms with Crippen LogP contribution in [0.4, 0.5) is 0 Å². The van der Waals surface area contributed by atoms with Gasteiger partial charge in [-0.25, -0.2) is 4.98 Å². The summed E-state index contributed by atoms with van der Waals surface area (Å²) in [5.74, 6) is 0.921. The van der Waals surface area contributed by atoms with Crippen molar-refractivity contribution in [3.8, 4) is 11.5 Å². The third-order valence-corrected chi connectivity index (χ3v) is 5.54. The molecule has 0 aliphatic carbocycles. The number of hydrogen-bond donors (Lipinski definition) is 1. The molecule has 2 aromatic carbocycles. The second-order valence-electron chi connectivity index (χ2n) is 7.91. The van der Waals surface area contributed by atoms with E-state index in [4.69, 9.17) is 4.42 Å². The van der Waals surface area contributed by atoms with Crippen molar-refractivity contribution in [3.05, 3.63) is 77.2 Å². The molecule has 1 aromatic heterocycles. The molecule has 31 heavy (non-hydrogen) atoms. The molecule has 1 saturated heterocycles. The van der Waals surface area contributed by atoms with Gasteiger partial charge in [0.05, 0.1) is 6.42 Å². The van der Waals surface area contributed by atoms with Gasteiger partial charge in [0, 0.05) is 25.2 Å². The van der Waals surface area contributed by atoms with Crippen LogP contribution in [-0.2, 0) is 17.8 Å². The summed E-state index contributed by atoms with van der Waals surface area (Å²) in [6, 6.07) is 17.3. The van der Waals surface area contributed by atoms with E-state index >= 15 is 0 Å². The van der Waals surface area contributed by atoms with Crippen molar-refractivity contribution in [1.82, 2.24) is 15.2 Å². The summed E-state index contributed by atoms with van der Waals surface area (Å²) in [6.07, 6.45) is 3.62. The number of rotatable bonds is 6. The van der Waals surface area contributed by atoms with Crippen LogP contribution in [0.25, 0.3) is 11.5 Å². The topological polar surface area (TPSA) is 75.4 Å². The first-order chi connectivity index (χ1) is 15.1. The van der Waals surface area contributed by atoms with Gasteiger partial charge in [0.25, 0.3) is 5.91 Å². The minimum absolute atomic E-state index is 0.0144. The fourth-order valence-corrected chi connectivity index (χ4v) is 3.77. The minimum Gasteiger partial charge on any atom is -0.441 e. The number of benzene rings is 2. The molecule has 160 valence electrons. The third-order valence-electron chi connectivity index (χ3n) is 5.54. The fourth-order valence-electron chi connectivity index (χ4n) is 3.77. The Kier molecular flexibility index (Phi) is 6.46. The number of piperidine rings is 1. The number of likely N-dealkylation sites (tertiary alicyclic amines) is 1. The van der Waals surface area contributed by atoms with Crippen LogP contribution in [-0.4, -0.2) is 34.8 Å². The van der Waals surface area contributed by atoms with Crippen molar-refractivity contribution < 1.29 is 14.0 Å². The zero-order chi connectivity index (χ0) is 21.6. The van der Waals surface area contributed by atoms with Gasteiger partial charge in [0.2, 0.25) is 11.8 Å². The van der Waals surface area contributed by atoms with Gasteiger partial charge in [-0.15, -0.1) is 0 Å². The number of hydrogen-bond acceptors (Lipinski definition) is 4. The molecule has 0 saturated carbocycles. The maximum absolute atomic E-state index is 12.8. The van der Waals surface area contributed by atoms with E-state index in [1.165, 1.54) is 6.42 Å². The number of aryl methyl sites for hydroxylation is 1. The summed E-state index contributed by atoms with van der Waals surface area (Å²) >= 11 is 0. The van der Waals surface area contributed by atoms with Crippen LogP contribution in [0, 0.1) is 6.92 Å². The first kappa shape index (κ1) is 20.8. The molecule has 6 heteroatoms. The zero-order valence-corrected chi connectivity index (χ0v) is 17.8. The first-order valence-electron chi connectivity index (χ1n) is 10.8. The Hall–Kier alpha value is -3.41. The van der Waals surface area contributed by atoms with Crippen molar-refractivity contribution >= 4 is 11.8 Å². The molecular weight excluding hydrogens is 390 g/mol. The largest absolute Gasteiger partial charge is 0.441 e. The normalized spacial score (nSPS) is 13.8. The number of nitrogens with zero attached hydrogens (tertiary/aromatic N) is 2. The van der Waals surface area contributed by atoms with Gasteiger partial charge in [0.15, 0.2) is 5.69 Å². The molecule has 0 radical (unpaired) electrons. The summed E-state index contributed by atoms with van der Waals surface area (Å²) in [5, 5.41) is 2.94. The number of carbonyl (C=O) groups excluding carboxylic acids is 2. The summed E-state index contributed by atoms with van der Waals surface area (Å²) in [4.78, 5) is 31.2. The predicted octanol–water partition coefficient (Wildman–Crippen LogP) is 4.14. The van der Waals surface area contributed by atoms with E-state index in [0.29, 0.717) is 30.3 Å². The Morgan fingerprint density at radius 2 is 1.68 bits per heavy atom.